The maximum absolute atomic E-state index is 4.19. The molecular weight excluding hydrogens is 240 g/mol. The minimum absolute atomic E-state index is 0.374. The molecule has 1 unspecified atom stereocenters. The van der Waals surface area contributed by atoms with Crippen LogP contribution in [-0.2, 0) is 0 Å². The Labute approximate surface area is 121 Å². The van der Waals surface area contributed by atoms with Crippen LogP contribution < -0.4 is 0 Å². The maximum Gasteiger partial charge on any atom is 0.0311 e. The number of rotatable bonds is 2. The molecule has 3 rings (SSSR count). The van der Waals surface area contributed by atoms with Gasteiger partial charge in [0, 0.05) is 5.92 Å². The van der Waals surface area contributed by atoms with Crippen molar-refractivity contribution in [2.75, 3.05) is 0 Å². The Hall–Kier alpha value is -2.08. The summed E-state index contributed by atoms with van der Waals surface area (Å²) in [5.41, 5.74) is 9.38. The fourth-order valence-electron chi connectivity index (χ4n) is 3.37. The summed E-state index contributed by atoms with van der Waals surface area (Å²) < 4.78 is 0. The molecule has 0 fully saturated rings. The van der Waals surface area contributed by atoms with Gasteiger partial charge in [0.05, 0.1) is 0 Å². The lowest BCUT2D eigenvalue weighted by Crippen LogP contribution is -1.99. The Kier molecular flexibility index (Phi) is 3.10. The molecule has 0 aliphatic heterocycles. The van der Waals surface area contributed by atoms with Crippen molar-refractivity contribution in [3.8, 4) is 0 Å². The number of allylic oxidation sites excluding steroid dienone is 3. The number of hydrogen-bond donors (Lipinski definition) is 0. The van der Waals surface area contributed by atoms with Crippen LogP contribution in [0.3, 0.4) is 0 Å². The summed E-state index contributed by atoms with van der Waals surface area (Å²) in [4.78, 5) is 0. The number of benzene rings is 2. The summed E-state index contributed by atoms with van der Waals surface area (Å²) >= 11 is 0. The third kappa shape index (κ3) is 1.92. The molecule has 20 heavy (non-hydrogen) atoms. The van der Waals surface area contributed by atoms with E-state index in [4.69, 9.17) is 0 Å². The SMILES string of the molecule is C=C(C)C1=C(C)C(c2ccccc2)c2ccc(C)cc21. The zero-order valence-electron chi connectivity index (χ0n) is 12.4. The topological polar surface area (TPSA) is 0 Å². The van der Waals surface area contributed by atoms with E-state index in [0.29, 0.717) is 5.92 Å². The molecule has 1 aliphatic carbocycles. The van der Waals surface area contributed by atoms with Crippen LogP contribution in [0.1, 0.15) is 42.0 Å². The quantitative estimate of drug-likeness (QED) is 0.669. The van der Waals surface area contributed by atoms with Crippen LogP contribution >= 0.6 is 0 Å². The van der Waals surface area contributed by atoms with E-state index in [9.17, 15) is 0 Å². The van der Waals surface area contributed by atoms with Crippen LogP contribution in [-0.4, -0.2) is 0 Å². The van der Waals surface area contributed by atoms with Gasteiger partial charge in [0.1, 0.15) is 0 Å². The summed E-state index contributed by atoms with van der Waals surface area (Å²) in [7, 11) is 0. The lowest BCUT2D eigenvalue weighted by atomic mass is 9.89. The molecule has 2 aromatic rings. The molecule has 0 saturated heterocycles. The summed E-state index contributed by atoms with van der Waals surface area (Å²) in [5, 5.41) is 0. The lowest BCUT2D eigenvalue weighted by molar-refractivity contribution is 0.974. The van der Waals surface area contributed by atoms with Gasteiger partial charge in [-0.15, -0.1) is 0 Å². The third-order valence-electron chi connectivity index (χ3n) is 4.18. The number of hydrogen-bond acceptors (Lipinski definition) is 0. The van der Waals surface area contributed by atoms with Gasteiger partial charge >= 0.3 is 0 Å². The molecule has 2 aromatic carbocycles. The highest BCUT2D eigenvalue weighted by Gasteiger charge is 2.29. The van der Waals surface area contributed by atoms with Crippen LogP contribution in [0.4, 0.5) is 0 Å². The first-order chi connectivity index (χ1) is 9.59. The summed E-state index contributed by atoms with van der Waals surface area (Å²) in [6.45, 7) is 10.7. The minimum Gasteiger partial charge on any atom is -0.0955 e. The molecule has 0 bridgehead atoms. The van der Waals surface area contributed by atoms with Gasteiger partial charge in [0.15, 0.2) is 0 Å². The molecule has 0 saturated carbocycles. The van der Waals surface area contributed by atoms with Crippen molar-refractivity contribution in [2.45, 2.75) is 26.7 Å². The highest BCUT2D eigenvalue weighted by atomic mass is 14.3. The Bertz CT molecular complexity index is 702. The fourth-order valence-corrected chi connectivity index (χ4v) is 3.37. The molecular formula is C20H20. The van der Waals surface area contributed by atoms with Crippen LogP contribution in [0.15, 0.2) is 66.3 Å². The molecule has 0 aromatic heterocycles. The summed E-state index contributed by atoms with van der Waals surface area (Å²) in [6, 6.07) is 17.5. The first-order valence-electron chi connectivity index (χ1n) is 7.12. The first kappa shape index (κ1) is 12.9. The van der Waals surface area contributed by atoms with Gasteiger partial charge in [-0.05, 0) is 43.0 Å². The second-order valence-corrected chi connectivity index (χ2v) is 5.77. The van der Waals surface area contributed by atoms with Gasteiger partial charge in [-0.1, -0.05) is 71.8 Å². The van der Waals surface area contributed by atoms with Crippen molar-refractivity contribution in [1.82, 2.24) is 0 Å². The van der Waals surface area contributed by atoms with Crippen LogP contribution in [0.5, 0.6) is 0 Å². The normalized spacial score (nSPS) is 17.2. The second kappa shape index (κ2) is 4.79. The zero-order valence-corrected chi connectivity index (χ0v) is 12.4. The van der Waals surface area contributed by atoms with Crippen LogP contribution in [0.25, 0.3) is 5.57 Å². The van der Waals surface area contributed by atoms with E-state index >= 15 is 0 Å². The summed E-state index contributed by atoms with van der Waals surface area (Å²) in [5.74, 6) is 0.374. The molecule has 1 atom stereocenters. The first-order valence-corrected chi connectivity index (χ1v) is 7.12. The molecule has 0 radical (unpaired) electrons. The van der Waals surface area contributed by atoms with Crippen molar-refractivity contribution >= 4 is 5.57 Å². The predicted molar refractivity (Wildman–Crippen MR) is 86.9 cm³/mol. The van der Waals surface area contributed by atoms with Crippen LogP contribution in [0, 0.1) is 6.92 Å². The van der Waals surface area contributed by atoms with Gasteiger partial charge in [-0.2, -0.15) is 0 Å². The Morgan fingerprint density at radius 1 is 1.00 bits per heavy atom. The average Bonchev–Trinajstić information content (AvgIpc) is 2.71. The van der Waals surface area contributed by atoms with E-state index in [1.165, 1.54) is 33.4 Å². The molecule has 0 heterocycles. The van der Waals surface area contributed by atoms with E-state index in [0.717, 1.165) is 5.57 Å². The van der Waals surface area contributed by atoms with Gasteiger partial charge < -0.3 is 0 Å². The molecule has 0 amide bonds. The minimum atomic E-state index is 0.374. The maximum atomic E-state index is 4.19. The van der Waals surface area contributed by atoms with Crippen molar-refractivity contribution in [1.29, 1.82) is 0 Å². The van der Waals surface area contributed by atoms with Gasteiger partial charge in [0.25, 0.3) is 0 Å². The van der Waals surface area contributed by atoms with Gasteiger partial charge in [0.2, 0.25) is 0 Å². The van der Waals surface area contributed by atoms with E-state index in [1.54, 1.807) is 0 Å². The highest BCUT2D eigenvalue weighted by Crippen LogP contribution is 2.47. The highest BCUT2D eigenvalue weighted by molar-refractivity contribution is 5.88. The molecule has 0 nitrogen and oxygen atoms in total. The fraction of sp³-hybridized carbons (Fsp3) is 0.200. The smallest absolute Gasteiger partial charge is 0.0311 e. The van der Waals surface area contributed by atoms with E-state index in [-0.39, 0.29) is 0 Å². The predicted octanol–water partition coefficient (Wildman–Crippen LogP) is 5.49. The van der Waals surface area contributed by atoms with Crippen molar-refractivity contribution in [3.63, 3.8) is 0 Å². The molecule has 0 spiro atoms. The summed E-state index contributed by atoms with van der Waals surface area (Å²) in [6.07, 6.45) is 0. The molecule has 100 valence electrons. The Morgan fingerprint density at radius 2 is 1.70 bits per heavy atom. The monoisotopic (exact) mass is 260 g/mol. The van der Waals surface area contributed by atoms with E-state index < -0.39 is 0 Å². The standard InChI is InChI=1S/C20H20/c1-13(2)19-15(4)20(16-8-6-5-7-9-16)17-11-10-14(3)12-18(17)19/h5-12,20H,1H2,2-4H3. The number of aryl methyl sites for hydroxylation is 1. The largest absolute Gasteiger partial charge is 0.0955 e. The second-order valence-electron chi connectivity index (χ2n) is 5.77. The van der Waals surface area contributed by atoms with Crippen molar-refractivity contribution < 1.29 is 0 Å². The Morgan fingerprint density at radius 3 is 2.35 bits per heavy atom. The van der Waals surface area contributed by atoms with E-state index in [2.05, 4.69) is 75.9 Å². The van der Waals surface area contributed by atoms with Crippen molar-refractivity contribution in [2.24, 2.45) is 0 Å². The Balaban J connectivity index is 2.25. The lowest BCUT2D eigenvalue weighted by Gasteiger charge is -2.15. The average molecular weight is 260 g/mol. The zero-order chi connectivity index (χ0) is 14.3. The third-order valence-corrected chi connectivity index (χ3v) is 4.18. The number of fused-ring (bicyclic) bond motifs is 1. The molecule has 1 aliphatic rings. The van der Waals surface area contributed by atoms with Gasteiger partial charge in [-0.25, -0.2) is 0 Å². The van der Waals surface area contributed by atoms with Crippen LogP contribution in [0.2, 0.25) is 0 Å². The molecule has 0 N–H and O–H groups in total. The van der Waals surface area contributed by atoms with Gasteiger partial charge in [-0.3, -0.25) is 0 Å². The van der Waals surface area contributed by atoms with Crippen molar-refractivity contribution in [3.05, 3.63) is 88.5 Å². The molecule has 0 heteroatoms. The van der Waals surface area contributed by atoms with E-state index in [1.807, 2.05) is 0 Å².